The molecule has 1 aromatic rings. The molecule has 1 fully saturated rings. The van der Waals surface area contributed by atoms with Crippen LogP contribution in [0.1, 0.15) is 19.8 Å². The summed E-state index contributed by atoms with van der Waals surface area (Å²) in [6.45, 7) is 3.24. The molecule has 0 bridgehead atoms. The molecule has 2 amide bonds. The van der Waals surface area contributed by atoms with Crippen LogP contribution in [0.2, 0.25) is 0 Å². The molecular weight excluding hydrogens is 266 g/mol. The number of likely N-dealkylation sites (N-methyl/N-ethyl adjacent to an activating group) is 1. The minimum atomic E-state index is -0.187. The lowest BCUT2D eigenvalue weighted by atomic mass is 9.96. The molecule has 1 heterocycles. The van der Waals surface area contributed by atoms with E-state index in [2.05, 4.69) is 22.5 Å². The van der Waals surface area contributed by atoms with Gasteiger partial charge in [-0.2, -0.15) is 0 Å². The zero-order valence-corrected chi connectivity index (χ0v) is 12.6. The lowest BCUT2D eigenvalue weighted by Gasteiger charge is -2.28. The molecule has 1 aliphatic rings. The Bertz CT molecular complexity index is 490. The number of hydrogen-bond acceptors (Lipinski definition) is 3. The average molecular weight is 289 g/mol. The zero-order valence-electron chi connectivity index (χ0n) is 12.6. The Morgan fingerprint density at radius 3 is 2.81 bits per heavy atom. The molecule has 114 valence electrons. The van der Waals surface area contributed by atoms with E-state index in [1.807, 2.05) is 37.4 Å². The molecule has 5 heteroatoms. The van der Waals surface area contributed by atoms with Gasteiger partial charge in [-0.25, -0.2) is 0 Å². The van der Waals surface area contributed by atoms with Gasteiger partial charge in [0.05, 0.1) is 0 Å². The number of nitrogens with one attached hydrogen (secondary N) is 2. The smallest absolute Gasteiger partial charge is 0.223 e. The molecule has 0 spiro atoms. The SMILES string of the molecule is C[C@@H](CNC(=O)[C@@H]1CCNC(=O)C1)N(C)c1ccccc1. The maximum atomic E-state index is 12.1. The van der Waals surface area contributed by atoms with E-state index in [9.17, 15) is 9.59 Å². The molecule has 0 aromatic heterocycles. The van der Waals surface area contributed by atoms with E-state index in [0.717, 1.165) is 12.1 Å². The molecule has 0 radical (unpaired) electrons. The van der Waals surface area contributed by atoms with Crippen LogP contribution in [0.5, 0.6) is 0 Å². The molecule has 5 nitrogen and oxygen atoms in total. The van der Waals surface area contributed by atoms with Gasteiger partial charge in [-0.15, -0.1) is 0 Å². The van der Waals surface area contributed by atoms with Gasteiger partial charge in [0, 0.05) is 44.2 Å². The Hall–Kier alpha value is -2.04. The minimum absolute atomic E-state index is 0.0156. The standard InChI is InChI=1S/C16H23N3O2/c1-12(19(2)14-6-4-3-5-7-14)11-18-16(21)13-8-9-17-15(20)10-13/h3-7,12-13H,8-11H2,1-2H3,(H,17,20)(H,18,21)/t12-,13+/m0/s1. The zero-order chi connectivity index (χ0) is 15.2. The van der Waals surface area contributed by atoms with Crippen LogP contribution in [0, 0.1) is 5.92 Å². The van der Waals surface area contributed by atoms with Crippen molar-refractivity contribution in [3.8, 4) is 0 Å². The molecular formula is C16H23N3O2. The Kier molecular flexibility index (Phi) is 5.20. The van der Waals surface area contributed by atoms with E-state index in [1.165, 1.54) is 0 Å². The number of nitrogens with zero attached hydrogens (tertiary/aromatic N) is 1. The van der Waals surface area contributed by atoms with Crippen molar-refractivity contribution in [2.45, 2.75) is 25.8 Å². The summed E-state index contributed by atoms with van der Waals surface area (Å²) >= 11 is 0. The van der Waals surface area contributed by atoms with Crippen molar-refractivity contribution in [3.63, 3.8) is 0 Å². The second-order valence-corrected chi connectivity index (χ2v) is 5.58. The van der Waals surface area contributed by atoms with E-state index in [4.69, 9.17) is 0 Å². The second-order valence-electron chi connectivity index (χ2n) is 5.58. The first-order chi connectivity index (χ1) is 10.1. The summed E-state index contributed by atoms with van der Waals surface area (Å²) in [7, 11) is 2.01. The summed E-state index contributed by atoms with van der Waals surface area (Å²) in [5.74, 6) is -0.234. The van der Waals surface area contributed by atoms with Crippen LogP contribution in [0.4, 0.5) is 5.69 Å². The summed E-state index contributed by atoms with van der Waals surface area (Å²) in [4.78, 5) is 25.5. The normalized spacial score (nSPS) is 19.5. The molecule has 0 saturated carbocycles. The quantitative estimate of drug-likeness (QED) is 0.855. The van der Waals surface area contributed by atoms with Crippen molar-refractivity contribution in [1.29, 1.82) is 0 Å². The molecule has 1 aromatic carbocycles. The van der Waals surface area contributed by atoms with E-state index >= 15 is 0 Å². The highest BCUT2D eigenvalue weighted by Gasteiger charge is 2.25. The lowest BCUT2D eigenvalue weighted by Crippen LogP contribution is -2.45. The van der Waals surface area contributed by atoms with Crippen LogP contribution in [0.3, 0.4) is 0 Å². The first-order valence-electron chi connectivity index (χ1n) is 7.40. The number of benzene rings is 1. The summed E-state index contributed by atoms with van der Waals surface area (Å²) in [5, 5.41) is 5.71. The third kappa shape index (κ3) is 4.21. The fourth-order valence-electron chi connectivity index (χ4n) is 2.45. The predicted molar refractivity (Wildman–Crippen MR) is 83.1 cm³/mol. The van der Waals surface area contributed by atoms with Gasteiger partial charge < -0.3 is 15.5 Å². The molecule has 21 heavy (non-hydrogen) atoms. The molecule has 1 aliphatic heterocycles. The average Bonchev–Trinajstić information content (AvgIpc) is 2.52. The van der Waals surface area contributed by atoms with E-state index in [-0.39, 0.29) is 23.8 Å². The Balaban J connectivity index is 1.82. The van der Waals surface area contributed by atoms with E-state index in [0.29, 0.717) is 19.5 Å². The molecule has 0 unspecified atom stereocenters. The summed E-state index contributed by atoms with van der Waals surface area (Å²) in [6, 6.07) is 10.3. The molecule has 2 rings (SSSR count). The third-order valence-electron chi connectivity index (χ3n) is 4.01. The largest absolute Gasteiger partial charge is 0.370 e. The number of piperidine rings is 1. The Labute approximate surface area is 125 Å². The second kappa shape index (κ2) is 7.11. The number of anilines is 1. The predicted octanol–water partition coefficient (Wildman–Crippen LogP) is 1.15. The van der Waals surface area contributed by atoms with Crippen molar-refractivity contribution in [3.05, 3.63) is 30.3 Å². The highest BCUT2D eigenvalue weighted by atomic mass is 16.2. The number of amides is 2. The van der Waals surface area contributed by atoms with Gasteiger partial charge in [0.15, 0.2) is 0 Å². The van der Waals surface area contributed by atoms with Crippen LogP contribution in [0.25, 0.3) is 0 Å². The first-order valence-corrected chi connectivity index (χ1v) is 7.40. The Morgan fingerprint density at radius 1 is 1.43 bits per heavy atom. The number of carbonyl (C=O) groups excluding carboxylic acids is 2. The van der Waals surface area contributed by atoms with Crippen LogP contribution >= 0.6 is 0 Å². The summed E-state index contributed by atoms with van der Waals surface area (Å²) in [6.07, 6.45) is 1.02. The summed E-state index contributed by atoms with van der Waals surface area (Å²) in [5.41, 5.74) is 1.12. The number of para-hydroxylation sites is 1. The van der Waals surface area contributed by atoms with Crippen LogP contribution in [0.15, 0.2) is 30.3 Å². The molecule has 2 atom stereocenters. The molecule has 0 aliphatic carbocycles. The Morgan fingerprint density at radius 2 is 2.14 bits per heavy atom. The van der Waals surface area contributed by atoms with Crippen LogP contribution < -0.4 is 15.5 Å². The topological polar surface area (TPSA) is 61.4 Å². The van der Waals surface area contributed by atoms with E-state index in [1.54, 1.807) is 0 Å². The van der Waals surface area contributed by atoms with Gasteiger partial charge in [-0.1, -0.05) is 18.2 Å². The van der Waals surface area contributed by atoms with Gasteiger partial charge in [0.2, 0.25) is 11.8 Å². The van der Waals surface area contributed by atoms with Crippen molar-refractivity contribution in [1.82, 2.24) is 10.6 Å². The van der Waals surface area contributed by atoms with Gasteiger partial charge in [0.25, 0.3) is 0 Å². The van der Waals surface area contributed by atoms with Gasteiger partial charge in [-0.05, 0) is 25.5 Å². The third-order valence-corrected chi connectivity index (χ3v) is 4.01. The van der Waals surface area contributed by atoms with Crippen molar-refractivity contribution >= 4 is 17.5 Å². The minimum Gasteiger partial charge on any atom is -0.370 e. The fraction of sp³-hybridized carbons (Fsp3) is 0.500. The van der Waals surface area contributed by atoms with Crippen molar-refractivity contribution in [2.24, 2.45) is 5.92 Å². The van der Waals surface area contributed by atoms with Gasteiger partial charge in [-0.3, -0.25) is 9.59 Å². The molecule has 2 N–H and O–H groups in total. The van der Waals surface area contributed by atoms with Crippen molar-refractivity contribution in [2.75, 3.05) is 25.0 Å². The maximum absolute atomic E-state index is 12.1. The number of carbonyl (C=O) groups is 2. The first kappa shape index (κ1) is 15.4. The number of rotatable bonds is 5. The lowest BCUT2D eigenvalue weighted by molar-refractivity contribution is -0.132. The molecule has 1 saturated heterocycles. The highest BCUT2D eigenvalue weighted by Crippen LogP contribution is 2.15. The van der Waals surface area contributed by atoms with E-state index < -0.39 is 0 Å². The van der Waals surface area contributed by atoms with Crippen LogP contribution in [-0.4, -0.2) is 38.0 Å². The summed E-state index contributed by atoms with van der Waals surface area (Å²) < 4.78 is 0. The number of hydrogen-bond donors (Lipinski definition) is 2. The monoisotopic (exact) mass is 289 g/mol. The van der Waals surface area contributed by atoms with Gasteiger partial charge in [0.1, 0.15) is 0 Å². The highest BCUT2D eigenvalue weighted by molar-refractivity contribution is 5.86. The van der Waals surface area contributed by atoms with Crippen molar-refractivity contribution < 1.29 is 9.59 Å². The van der Waals surface area contributed by atoms with Gasteiger partial charge >= 0.3 is 0 Å². The maximum Gasteiger partial charge on any atom is 0.223 e. The van der Waals surface area contributed by atoms with Crippen LogP contribution in [-0.2, 0) is 9.59 Å². The fourth-order valence-corrected chi connectivity index (χ4v) is 2.45.